The van der Waals surface area contributed by atoms with Gasteiger partial charge in [-0.1, -0.05) is 18.5 Å². The largest absolute Gasteiger partial charge is 0.426 e. The first-order valence-corrected chi connectivity index (χ1v) is 8.85. The van der Waals surface area contributed by atoms with Crippen LogP contribution in [0.25, 0.3) is 0 Å². The fourth-order valence-corrected chi connectivity index (χ4v) is 3.29. The molecule has 0 saturated carbocycles. The van der Waals surface area contributed by atoms with E-state index in [1.165, 1.54) is 4.90 Å². The van der Waals surface area contributed by atoms with Gasteiger partial charge in [-0.2, -0.15) is 13.2 Å². The second-order valence-electron chi connectivity index (χ2n) is 7.07. The van der Waals surface area contributed by atoms with E-state index in [1.807, 2.05) is 0 Å². The number of carbonyl (C=O) groups excluding carboxylic acids is 2. The monoisotopic (exact) mass is 406 g/mol. The molecule has 2 amide bonds. The van der Waals surface area contributed by atoms with Crippen molar-refractivity contribution in [2.24, 2.45) is 11.8 Å². The van der Waals surface area contributed by atoms with Gasteiger partial charge in [0.05, 0.1) is 0 Å². The van der Waals surface area contributed by atoms with Crippen LogP contribution in [0.15, 0.2) is 24.3 Å². The third kappa shape index (κ3) is 4.38. The number of benzene rings is 1. The van der Waals surface area contributed by atoms with E-state index in [0.717, 1.165) is 4.90 Å². The molecule has 1 fully saturated rings. The maximum atomic E-state index is 12.9. The summed E-state index contributed by atoms with van der Waals surface area (Å²) in [5.74, 6) is -2.36. The number of amides is 2. The molecule has 0 aliphatic carbocycles. The minimum atomic E-state index is -5.06. The zero-order chi connectivity index (χ0) is 20.6. The molecule has 27 heavy (non-hydrogen) atoms. The number of alkyl halides is 3. The van der Waals surface area contributed by atoms with E-state index >= 15 is 0 Å². The standard InChI is InChI=1S/C18H22ClF3N2O3/c1-11-10-24(16(26)17(2,27)18(20,21)22)9-8-14(11)15(25)23(3)13-6-4-12(19)5-7-13/h4-7,11,14,27H,8-10H2,1-3H3/t11-,14+,17?/m0/s1. The maximum absolute atomic E-state index is 12.9. The predicted molar refractivity (Wildman–Crippen MR) is 95.4 cm³/mol. The average Bonchev–Trinajstić information content (AvgIpc) is 2.59. The molecule has 1 saturated heterocycles. The van der Waals surface area contributed by atoms with Crippen molar-refractivity contribution in [3.8, 4) is 0 Å². The van der Waals surface area contributed by atoms with Crippen LogP contribution in [0.3, 0.4) is 0 Å². The Balaban J connectivity index is 2.07. The summed E-state index contributed by atoms with van der Waals surface area (Å²) in [6, 6.07) is 6.71. The molecule has 1 unspecified atom stereocenters. The highest BCUT2D eigenvalue weighted by atomic mass is 35.5. The van der Waals surface area contributed by atoms with Gasteiger partial charge in [-0.15, -0.1) is 0 Å². The van der Waals surface area contributed by atoms with Crippen molar-refractivity contribution < 1.29 is 27.9 Å². The molecular weight excluding hydrogens is 385 g/mol. The number of carbonyl (C=O) groups is 2. The molecule has 0 bridgehead atoms. The zero-order valence-corrected chi connectivity index (χ0v) is 16.0. The Morgan fingerprint density at radius 3 is 2.30 bits per heavy atom. The quantitative estimate of drug-likeness (QED) is 0.839. The van der Waals surface area contributed by atoms with Gasteiger partial charge in [-0.05, 0) is 43.5 Å². The molecule has 9 heteroatoms. The molecule has 1 aliphatic heterocycles. The number of anilines is 1. The number of hydrogen-bond donors (Lipinski definition) is 1. The summed E-state index contributed by atoms with van der Waals surface area (Å²) in [7, 11) is 1.62. The molecule has 0 spiro atoms. The fourth-order valence-electron chi connectivity index (χ4n) is 3.17. The molecule has 5 nitrogen and oxygen atoms in total. The highest BCUT2D eigenvalue weighted by Gasteiger charge is 2.57. The van der Waals surface area contributed by atoms with Gasteiger partial charge in [0.1, 0.15) is 0 Å². The van der Waals surface area contributed by atoms with Crippen molar-refractivity contribution in [3.63, 3.8) is 0 Å². The summed E-state index contributed by atoms with van der Waals surface area (Å²) in [4.78, 5) is 27.4. The van der Waals surface area contributed by atoms with Crippen LogP contribution in [0.5, 0.6) is 0 Å². The summed E-state index contributed by atoms with van der Waals surface area (Å²) in [5.41, 5.74) is -2.79. The van der Waals surface area contributed by atoms with E-state index < -0.39 is 23.6 Å². The molecule has 3 atom stereocenters. The molecule has 1 aliphatic rings. The zero-order valence-electron chi connectivity index (χ0n) is 15.3. The number of piperidine rings is 1. The molecule has 1 aromatic rings. The summed E-state index contributed by atoms with van der Waals surface area (Å²) in [6.07, 6.45) is -4.84. The van der Waals surface area contributed by atoms with Crippen molar-refractivity contribution in [2.45, 2.75) is 32.0 Å². The van der Waals surface area contributed by atoms with Gasteiger partial charge in [0.25, 0.3) is 5.91 Å². The first-order chi connectivity index (χ1) is 12.4. The lowest BCUT2D eigenvalue weighted by atomic mass is 9.85. The molecule has 0 aromatic heterocycles. The highest BCUT2D eigenvalue weighted by Crippen LogP contribution is 2.34. The molecule has 2 rings (SSSR count). The first kappa shape index (κ1) is 21.5. The lowest BCUT2D eigenvalue weighted by Crippen LogP contribution is -2.59. The van der Waals surface area contributed by atoms with Crippen LogP contribution in [0.1, 0.15) is 20.3 Å². The van der Waals surface area contributed by atoms with Gasteiger partial charge in [0.15, 0.2) is 0 Å². The maximum Gasteiger partial charge on any atom is 0.426 e. The average molecular weight is 407 g/mol. The van der Waals surface area contributed by atoms with E-state index in [-0.39, 0.29) is 31.3 Å². The number of rotatable bonds is 3. The second-order valence-corrected chi connectivity index (χ2v) is 7.50. The van der Waals surface area contributed by atoms with Gasteiger partial charge in [-0.25, -0.2) is 0 Å². The van der Waals surface area contributed by atoms with Crippen LogP contribution in [0.2, 0.25) is 5.02 Å². The van der Waals surface area contributed by atoms with Gasteiger partial charge >= 0.3 is 6.18 Å². The van der Waals surface area contributed by atoms with Crippen LogP contribution in [0.4, 0.5) is 18.9 Å². The van der Waals surface area contributed by atoms with E-state index in [4.69, 9.17) is 11.6 Å². The summed E-state index contributed by atoms with van der Waals surface area (Å²) < 4.78 is 38.7. The van der Waals surface area contributed by atoms with Crippen LogP contribution < -0.4 is 4.90 Å². The predicted octanol–water partition coefficient (Wildman–Crippen LogP) is 3.10. The number of likely N-dealkylation sites (tertiary alicyclic amines) is 1. The minimum Gasteiger partial charge on any atom is -0.373 e. The van der Waals surface area contributed by atoms with E-state index in [0.29, 0.717) is 17.6 Å². The lowest BCUT2D eigenvalue weighted by molar-refractivity contribution is -0.251. The van der Waals surface area contributed by atoms with Crippen molar-refractivity contribution in [1.82, 2.24) is 4.90 Å². The molecular formula is C18H22ClF3N2O3. The molecule has 1 heterocycles. The normalized spacial score (nSPS) is 22.9. The number of nitrogens with zero attached hydrogens (tertiary/aromatic N) is 2. The third-order valence-corrected chi connectivity index (χ3v) is 5.27. The Bertz CT molecular complexity index is 707. The Hall–Kier alpha value is -1.80. The third-order valence-electron chi connectivity index (χ3n) is 5.02. The topological polar surface area (TPSA) is 60.9 Å². The van der Waals surface area contributed by atoms with E-state index in [9.17, 15) is 27.9 Å². The summed E-state index contributed by atoms with van der Waals surface area (Å²) in [6.45, 7) is 2.10. The fraction of sp³-hybridized carbons (Fsp3) is 0.556. The highest BCUT2D eigenvalue weighted by molar-refractivity contribution is 6.30. The van der Waals surface area contributed by atoms with Crippen molar-refractivity contribution in [1.29, 1.82) is 0 Å². The second kappa shape index (κ2) is 7.67. The summed E-state index contributed by atoms with van der Waals surface area (Å²) >= 11 is 5.84. The number of aliphatic hydroxyl groups is 1. The van der Waals surface area contributed by atoms with Gasteiger partial charge in [0.2, 0.25) is 11.5 Å². The van der Waals surface area contributed by atoms with Gasteiger partial charge < -0.3 is 14.9 Å². The van der Waals surface area contributed by atoms with Crippen LogP contribution in [0, 0.1) is 11.8 Å². The van der Waals surface area contributed by atoms with Crippen molar-refractivity contribution in [2.75, 3.05) is 25.0 Å². The van der Waals surface area contributed by atoms with Gasteiger partial charge in [0, 0.05) is 36.8 Å². The Labute approximate surface area is 160 Å². The molecule has 1 aromatic carbocycles. The molecule has 1 N–H and O–H groups in total. The van der Waals surface area contributed by atoms with Crippen molar-refractivity contribution in [3.05, 3.63) is 29.3 Å². The SMILES string of the molecule is C[C@H]1CN(C(=O)C(C)(O)C(F)(F)F)CC[C@H]1C(=O)N(C)c1ccc(Cl)cc1. The summed E-state index contributed by atoms with van der Waals surface area (Å²) in [5, 5.41) is 10.1. The van der Waals surface area contributed by atoms with Crippen molar-refractivity contribution >= 4 is 29.1 Å². The minimum absolute atomic E-state index is 0.0275. The van der Waals surface area contributed by atoms with Crippen LogP contribution in [-0.4, -0.2) is 53.7 Å². The number of halogens is 4. The van der Waals surface area contributed by atoms with Crippen LogP contribution in [-0.2, 0) is 9.59 Å². The van der Waals surface area contributed by atoms with Crippen LogP contribution >= 0.6 is 11.6 Å². The van der Waals surface area contributed by atoms with E-state index in [1.54, 1.807) is 38.2 Å². The molecule has 150 valence electrons. The Kier molecular flexibility index (Phi) is 6.11. The molecule has 0 radical (unpaired) electrons. The Morgan fingerprint density at radius 2 is 1.81 bits per heavy atom. The number of hydrogen-bond acceptors (Lipinski definition) is 3. The smallest absolute Gasteiger partial charge is 0.373 e. The van der Waals surface area contributed by atoms with E-state index in [2.05, 4.69) is 0 Å². The van der Waals surface area contributed by atoms with Gasteiger partial charge in [-0.3, -0.25) is 9.59 Å². The Morgan fingerprint density at radius 1 is 1.26 bits per heavy atom. The lowest BCUT2D eigenvalue weighted by Gasteiger charge is -2.40. The first-order valence-electron chi connectivity index (χ1n) is 8.48.